The Morgan fingerprint density at radius 1 is 0.857 bits per heavy atom. The Labute approximate surface area is 87.8 Å². The zero-order valence-corrected chi connectivity index (χ0v) is 10.4. The number of hydrogen-bond donors (Lipinski definition) is 0. The van der Waals surface area contributed by atoms with Crippen LogP contribution in [-0.2, 0) is 14.1 Å². The summed E-state index contributed by atoms with van der Waals surface area (Å²) in [5, 5.41) is 0. The summed E-state index contributed by atoms with van der Waals surface area (Å²) in [6.07, 6.45) is 4.22. The van der Waals surface area contributed by atoms with Gasteiger partial charge in [-0.1, -0.05) is 0 Å². The quantitative estimate of drug-likeness (QED) is 0.701. The van der Waals surface area contributed by atoms with Crippen molar-refractivity contribution >= 4 is 27.4 Å². The van der Waals surface area contributed by atoms with Gasteiger partial charge >= 0.3 is 0 Å². The van der Waals surface area contributed by atoms with Crippen LogP contribution in [0.1, 0.15) is 0 Å². The van der Waals surface area contributed by atoms with Crippen LogP contribution in [0.2, 0.25) is 0 Å². The molecule has 0 saturated heterocycles. The molecule has 0 fully saturated rings. The predicted molar refractivity (Wildman–Crippen MR) is 66.7 cm³/mol. The van der Waals surface area contributed by atoms with E-state index in [-0.39, 0.29) is 0 Å². The molecule has 2 heterocycles. The second kappa shape index (κ2) is 4.29. The molecule has 0 aliphatic carbocycles. The normalized spacial score (nSPS) is 12.4. The van der Waals surface area contributed by atoms with Crippen LogP contribution in [0.25, 0.3) is 0 Å². The number of aromatic nitrogens is 2. The van der Waals surface area contributed by atoms with Gasteiger partial charge in [0.15, 0.2) is 0 Å². The van der Waals surface area contributed by atoms with E-state index in [2.05, 4.69) is 59.9 Å². The molecule has 0 aromatic carbocycles. The molecule has 0 aliphatic rings. The molecule has 2 rings (SSSR count). The number of rotatable bonds is 3. The van der Waals surface area contributed by atoms with Gasteiger partial charge in [-0.25, -0.2) is 0 Å². The zero-order valence-electron chi connectivity index (χ0n) is 8.36. The van der Waals surface area contributed by atoms with Gasteiger partial charge in [0.1, 0.15) is 0 Å². The van der Waals surface area contributed by atoms with Crippen LogP contribution in [0.5, 0.6) is 0 Å². The van der Waals surface area contributed by atoms with E-state index in [1.807, 2.05) is 0 Å². The fourth-order valence-corrected chi connectivity index (χ4v) is 4.75. The molecular weight excluding hydrogens is 210 g/mol. The molecule has 0 bridgehead atoms. The van der Waals surface area contributed by atoms with Crippen molar-refractivity contribution in [3.8, 4) is 0 Å². The van der Waals surface area contributed by atoms with Gasteiger partial charge in [-0.3, -0.25) is 0 Å². The molecule has 4 heteroatoms. The van der Waals surface area contributed by atoms with E-state index in [4.69, 9.17) is 0 Å². The first-order chi connectivity index (χ1) is 6.77. The van der Waals surface area contributed by atoms with Gasteiger partial charge in [0, 0.05) is 37.4 Å². The highest BCUT2D eigenvalue weighted by Gasteiger charge is 2.00. The Balaban J connectivity index is 2.02. The lowest BCUT2D eigenvalue weighted by Crippen LogP contribution is -2.07. The molecule has 14 heavy (non-hydrogen) atoms. The zero-order chi connectivity index (χ0) is 9.97. The van der Waals surface area contributed by atoms with Gasteiger partial charge in [0.2, 0.25) is 0 Å². The smallest absolute Gasteiger partial charge is 0.0421 e. The standard InChI is InChI=1S/C10H14N2P2/c1-11-7-3-5-9(11)13-14-10-6-4-8-12(10)2/h3-8,13-14H,1-2H3. The van der Waals surface area contributed by atoms with Crippen molar-refractivity contribution in [2.75, 3.05) is 0 Å². The third-order valence-corrected chi connectivity index (χ3v) is 5.79. The van der Waals surface area contributed by atoms with Crippen molar-refractivity contribution in [2.45, 2.75) is 0 Å². The Hall–Kier alpha value is -0.580. The van der Waals surface area contributed by atoms with Gasteiger partial charge in [-0.05, 0) is 40.8 Å². The minimum atomic E-state index is 0.888. The van der Waals surface area contributed by atoms with Crippen LogP contribution in [0.4, 0.5) is 0 Å². The molecule has 2 atom stereocenters. The summed E-state index contributed by atoms with van der Waals surface area (Å²) in [6.45, 7) is 0. The lowest BCUT2D eigenvalue weighted by molar-refractivity contribution is 0.959. The maximum absolute atomic E-state index is 2.20. The van der Waals surface area contributed by atoms with Gasteiger partial charge in [-0.2, -0.15) is 0 Å². The third-order valence-electron chi connectivity index (χ3n) is 2.21. The average molecular weight is 224 g/mol. The third kappa shape index (κ3) is 2.08. The molecule has 74 valence electrons. The fourth-order valence-electron chi connectivity index (χ4n) is 1.31. The summed E-state index contributed by atoms with van der Waals surface area (Å²) in [5.74, 6) is 0. The van der Waals surface area contributed by atoms with E-state index in [0.29, 0.717) is 0 Å². The largest absolute Gasteiger partial charge is 0.351 e. The van der Waals surface area contributed by atoms with Crippen LogP contribution in [0, 0.1) is 0 Å². The molecule has 2 aromatic rings. The number of nitrogens with zero attached hydrogens (tertiary/aromatic N) is 2. The molecule has 2 unspecified atom stereocenters. The predicted octanol–water partition coefficient (Wildman–Crippen LogP) is 1.59. The average Bonchev–Trinajstić information content (AvgIpc) is 2.72. The second-order valence-corrected chi connectivity index (χ2v) is 6.28. The van der Waals surface area contributed by atoms with Crippen LogP contribution < -0.4 is 10.9 Å². The summed E-state index contributed by atoms with van der Waals surface area (Å²) < 4.78 is 4.41. The summed E-state index contributed by atoms with van der Waals surface area (Å²) in [5.41, 5.74) is 2.87. The first-order valence-corrected chi connectivity index (χ1v) is 7.52. The highest BCUT2D eigenvalue weighted by molar-refractivity contribution is 8.18. The van der Waals surface area contributed by atoms with Crippen molar-refractivity contribution in [1.29, 1.82) is 0 Å². The maximum atomic E-state index is 2.20. The molecule has 0 saturated carbocycles. The first kappa shape index (κ1) is 9.96. The van der Waals surface area contributed by atoms with E-state index in [0.717, 1.165) is 16.5 Å². The molecule has 0 aliphatic heterocycles. The van der Waals surface area contributed by atoms with E-state index >= 15 is 0 Å². The van der Waals surface area contributed by atoms with Crippen LogP contribution in [-0.4, -0.2) is 9.13 Å². The number of aryl methyl sites for hydroxylation is 2. The van der Waals surface area contributed by atoms with Crippen molar-refractivity contribution in [3.05, 3.63) is 36.7 Å². The number of hydrogen-bond acceptors (Lipinski definition) is 0. The monoisotopic (exact) mass is 224 g/mol. The summed E-state index contributed by atoms with van der Waals surface area (Å²) in [4.78, 5) is 0. The van der Waals surface area contributed by atoms with Crippen molar-refractivity contribution in [2.24, 2.45) is 14.1 Å². The Morgan fingerprint density at radius 3 is 1.57 bits per heavy atom. The summed E-state index contributed by atoms with van der Waals surface area (Å²) in [6, 6.07) is 8.62. The minimum absolute atomic E-state index is 0.888. The van der Waals surface area contributed by atoms with Gasteiger partial charge in [0.25, 0.3) is 0 Å². The van der Waals surface area contributed by atoms with Gasteiger partial charge in [-0.15, -0.1) is 0 Å². The summed E-state index contributed by atoms with van der Waals surface area (Å²) in [7, 11) is 5.99. The molecule has 0 amide bonds. The SMILES string of the molecule is Cn1cccc1PPc1cccn1C. The molecule has 2 nitrogen and oxygen atoms in total. The molecule has 0 spiro atoms. The van der Waals surface area contributed by atoms with Crippen LogP contribution in [0.3, 0.4) is 0 Å². The highest BCUT2D eigenvalue weighted by atomic mass is 32.0. The highest BCUT2D eigenvalue weighted by Crippen LogP contribution is 2.34. The lowest BCUT2D eigenvalue weighted by Gasteiger charge is -2.04. The Bertz CT molecular complexity index is 377. The summed E-state index contributed by atoms with van der Waals surface area (Å²) >= 11 is 0. The minimum Gasteiger partial charge on any atom is -0.351 e. The Kier molecular flexibility index (Phi) is 3.05. The van der Waals surface area contributed by atoms with Gasteiger partial charge < -0.3 is 9.13 Å². The van der Waals surface area contributed by atoms with Crippen molar-refractivity contribution in [3.63, 3.8) is 0 Å². The van der Waals surface area contributed by atoms with Crippen LogP contribution >= 0.6 is 16.5 Å². The van der Waals surface area contributed by atoms with E-state index in [1.54, 1.807) is 0 Å². The molecule has 2 aromatic heterocycles. The maximum Gasteiger partial charge on any atom is 0.0421 e. The van der Waals surface area contributed by atoms with E-state index < -0.39 is 0 Å². The first-order valence-electron chi connectivity index (χ1n) is 4.52. The van der Waals surface area contributed by atoms with E-state index in [9.17, 15) is 0 Å². The lowest BCUT2D eigenvalue weighted by atomic mass is 10.7. The van der Waals surface area contributed by atoms with E-state index in [1.165, 1.54) is 10.9 Å². The van der Waals surface area contributed by atoms with Crippen LogP contribution in [0.15, 0.2) is 36.7 Å². The van der Waals surface area contributed by atoms with Crippen molar-refractivity contribution < 1.29 is 0 Å². The second-order valence-electron chi connectivity index (χ2n) is 3.26. The van der Waals surface area contributed by atoms with Crippen molar-refractivity contribution in [1.82, 2.24) is 9.13 Å². The fraction of sp³-hybridized carbons (Fsp3) is 0.200. The molecule has 0 radical (unpaired) electrons. The topological polar surface area (TPSA) is 9.86 Å². The molecular formula is C10H14N2P2. The Morgan fingerprint density at radius 2 is 1.29 bits per heavy atom. The van der Waals surface area contributed by atoms with Gasteiger partial charge in [0.05, 0.1) is 0 Å². The molecule has 0 N–H and O–H groups in total.